The lowest BCUT2D eigenvalue weighted by molar-refractivity contribution is -0.141. The molecule has 1 amide bonds. The third-order valence-corrected chi connectivity index (χ3v) is 3.54. The Morgan fingerprint density at radius 2 is 2.10 bits per heavy atom. The van der Waals surface area contributed by atoms with Crippen molar-refractivity contribution in [3.8, 4) is 0 Å². The Morgan fingerprint density at radius 1 is 1.38 bits per heavy atom. The lowest BCUT2D eigenvalue weighted by Gasteiger charge is -2.22. The van der Waals surface area contributed by atoms with Gasteiger partial charge in [-0.1, -0.05) is 12.1 Å². The molecular weight excluding hydrogens is 272 g/mol. The van der Waals surface area contributed by atoms with Gasteiger partial charge in [0.2, 0.25) is 0 Å². The maximum absolute atomic E-state index is 12.5. The van der Waals surface area contributed by atoms with E-state index in [0.717, 1.165) is 5.56 Å². The van der Waals surface area contributed by atoms with Crippen LogP contribution in [0.2, 0.25) is 0 Å². The molecule has 2 rings (SSSR count). The maximum Gasteiger partial charge on any atom is 0.309 e. The summed E-state index contributed by atoms with van der Waals surface area (Å²) in [5.41, 5.74) is 1.57. The summed E-state index contributed by atoms with van der Waals surface area (Å²) in [6, 6.07) is 7.21. The van der Waals surface area contributed by atoms with Gasteiger partial charge >= 0.3 is 5.97 Å². The highest BCUT2D eigenvalue weighted by atomic mass is 16.5. The van der Waals surface area contributed by atoms with Crippen LogP contribution in [0.1, 0.15) is 15.9 Å². The zero-order chi connectivity index (χ0) is 15.2. The molecular formula is C15H20N2O4. The molecule has 1 aromatic carbocycles. The van der Waals surface area contributed by atoms with E-state index in [2.05, 4.69) is 5.32 Å². The summed E-state index contributed by atoms with van der Waals surface area (Å²) in [4.78, 5) is 25.2. The minimum atomic E-state index is -0.877. The van der Waals surface area contributed by atoms with Gasteiger partial charge in [0.1, 0.15) is 0 Å². The Hall–Kier alpha value is -1.92. The highest BCUT2D eigenvalue weighted by molar-refractivity contribution is 5.94. The normalized spacial score (nSPS) is 19.1. The molecule has 0 unspecified atom stereocenters. The van der Waals surface area contributed by atoms with Crippen LogP contribution in [0.25, 0.3) is 0 Å². The van der Waals surface area contributed by atoms with Crippen molar-refractivity contribution in [2.45, 2.75) is 6.61 Å². The van der Waals surface area contributed by atoms with Crippen LogP contribution in [-0.4, -0.2) is 55.2 Å². The second-order valence-corrected chi connectivity index (χ2v) is 5.12. The van der Waals surface area contributed by atoms with Crippen molar-refractivity contribution in [2.75, 3.05) is 33.3 Å². The van der Waals surface area contributed by atoms with E-state index in [1.807, 2.05) is 12.1 Å². The van der Waals surface area contributed by atoms with Gasteiger partial charge in [-0.15, -0.1) is 0 Å². The molecule has 1 aromatic rings. The van der Waals surface area contributed by atoms with Gasteiger partial charge in [-0.3, -0.25) is 9.59 Å². The molecule has 0 saturated carbocycles. The first kappa shape index (κ1) is 15.5. The molecule has 0 radical (unpaired) electrons. The number of nitrogens with zero attached hydrogens (tertiary/aromatic N) is 1. The molecule has 1 saturated heterocycles. The molecule has 1 fully saturated rings. The van der Waals surface area contributed by atoms with Gasteiger partial charge in [-0.25, -0.2) is 0 Å². The van der Waals surface area contributed by atoms with Gasteiger partial charge in [0.25, 0.3) is 5.91 Å². The summed E-state index contributed by atoms with van der Waals surface area (Å²) in [7, 11) is 1.62. The van der Waals surface area contributed by atoms with Crippen LogP contribution in [0, 0.1) is 5.92 Å². The molecule has 6 nitrogen and oxygen atoms in total. The minimum Gasteiger partial charge on any atom is -0.481 e. The first-order valence-corrected chi connectivity index (χ1v) is 6.92. The predicted molar refractivity (Wildman–Crippen MR) is 77.1 cm³/mol. The van der Waals surface area contributed by atoms with Crippen molar-refractivity contribution >= 4 is 11.9 Å². The number of methoxy groups -OCH3 is 1. The Kier molecular flexibility index (Phi) is 5.30. The van der Waals surface area contributed by atoms with Crippen molar-refractivity contribution in [1.82, 2.24) is 10.2 Å². The molecule has 0 aliphatic carbocycles. The number of carboxylic acid groups (broad SMARTS) is 1. The number of carbonyl (C=O) groups excluding carboxylic acids is 1. The number of benzene rings is 1. The Labute approximate surface area is 123 Å². The Bertz CT molecular complexity index is 501. The number of amides is 1. The average Bonchev–Trinajstić information content (AvgIpc) is 2.74. The third-order valence-electron chi connectivity index (χ3n) is 3.54. The lowest BCUT2D eigenvalue weighted by atomic mass is 10.1. The first-order valence-electron chi connectivity index (χ1n) is 6.92. The van der Waals surface area contributed by atoms with E-state index < -0.39 is 11.9 Å². The molecule has 1 atom stereocenters. The number of nitrogens with one attached hydrogen (secondary N) is 1. The van der Waals surface area contributed by atoms with Gasteiger partial charge in [0.05, 0.1) is 12.5 Å². The molecule has 6 heteroatoms. The zero-order valence-corrected chi connectivity index (χ0v) is 12.0. The van der Waals surface area contributed by atoms with Gasteiger partial charge < -0.3 is 20.1 Å². The summed E-state index contributed by atoms with van der Waals surface area (Å²) < 4.78 is 5.03. The number of rotatable bonds is 4. The van der Waals surface area contributed by atoms with E-state index >= 15 is 0 Å². The highest BCUT2D eigenvalue weighted by Gasteiger charge is 2.26. The summed E-state index contributed by atoms with van der Waals surface area (Å²) in [5, 5.41) is 12.2. The fourth-order valence-electron chi connectivity index (χ4n) is 2.35. The molecule has 2 N–H and O–H groups in total. The van der Waals surface area contributed by atoms with E-state index in [0.29, 0.717) is 31.8 Å². The lowest BCUT2D eigenvalue weighted by Crippen LogP contribution is -2.38. The van der Waals surface area contributed by atoms with E-state index in [-0.39, 0.29) is 12.5 Å². The predicted octanol–water partition coefficient (Wildman–Crippen LogP) is 0.579. The first-order chi connectivity index (χ1) is 10.1. The number of carboxylic acids is 1. The number of aliphatic carboxylic acids is 1. The van der Waals surface area contributed by atoms with Gasteiger partial charge in [0, 0.05) is 38.9 Å². The van der Waals surface area contributed by atoms with Gasteiger partial charge in [-0.05, 0) is 17.7 Å². The average molecular weight is 292 g/mol. The van der Waals surface area contributed by atoms with Gasteiger partial charge in [0.15, 0.2) is 0 Å². The number of ether oxygens (including phenoxy) is 1. The zero-order valence-electron chi connectivity index (χ0n) is 12.0. The van der Waals surface area contributed by atoms with Crippen molar-refractivity contribution in [3.63, 3.8) is 0 Å². The van der Waals surface area contributed by atoms with Crippen molar-refractivity contribution in [3.05, 3.63) is 35.4 Å². The third kappa shape index (κ3) is 4.03. The summed E-state index contributed by atoms with van der Waals surface area (Å²) in [6.07, 6.45) is 0. The summed E-state index contributed by atoms with van der Waals surface area (Å²) >= 11 is 0. The largest absolute Gasteiger partial charge is 0.481 e. The second-order valence-electron chi connectivity index (χ2n) is 5.12. The second kappa shape index (κ2) is 7.19. The van der Waals surface area contributed by atoms with E-state index in [4.69, 9.17) is 9.84 Å². The van der Waals surface area contributed by atoms with Crippen molar-refractivity contribution in [1.29, 1.82) is 0 Å². The van der Waals surface area contributed by atoms with Crippen LogP contribution in [0.3, 0.4) is 0 Å². The molecule has 1 heterocycles. The molecule has 1 aliphatic rings. The molecule has 0 bridgehead atoms. The van der Waals surface area contributed by atoms with E-state index in [1.54, 1.807) is 24.1 Å². The molecule has 21 heavy (non-hydrogen) atoms. The number of hydrogen-bond donors (Lipinski definition) is 2. The van der Waals surface area contributed by atoms with Crippen LogP contribution in [0.5, 0.6) is 0 Å². The van der Waals surface area contributed by atoms with E-state index in [1.165, 1.54) is 0 Å². The molecule has 114 valence electrons. The fraction of sp³-hybridized carbons (Fsp3) is 0.467. The van der Waals surface area contributed by atoms with Crippen LogP contribution < -0.4 is 5.32 Å². The topological polar surface area (TPSA) is 78.9 Å². The van der Waals surface area contributed by atoms with E-state index in [9.17, 15) is 9.59 Å². The maximum atomic E-state index is 12.5. The van der Waals surface area contributed by atoms with Crippen molar-refractivity contribution < 1.29 is 19.4 Å². The molecule has 0 spiro atoms. The van der Waals surface area contributed by atoms with Gasteiger partial charge in [-0.2, -0.15) is 0 Å². The fourth-order valence-corrected chi connectivity index (χ4v) is 2.35. The molecule has 0 aromatic heterocycles. The summed E-state index contributed by atoms with van der Waals surface area (Å²) in [5.74, 6) is -1.57. The minimum absolute atomic E-state index is 0.131. The smallest absolute Gasteiger partial charge is 0.309 e. The van der Waals surface area contributed by atoms with Crippen LogP contribution in [0.15, 0.2) is 24.3 Å². The molecule has 1 aliphatic heterocycles. The monoisotopic (exact) mass is 292 g/mol. The van der Waals surface area contributed by atoms with Crippen LogP contribution in [-0.2, 0) is 16.1 Å². The number of carbonyl (C=O) groups is 2. The summed E-state index contributed by atoms with van der Waals surface area (Å²) in [6.45, 7) is 2.26. The Morgan fingerprint density at radius 3 is 2.71 bits per heavy atom. The van der Waals surface area contributed by atoms with Crippen LogP contribution >= 0.6 is 0 Å². The number of hydrogen-bond acceptors (Lipinski definition) is 4. The van der Waals surface area contributed by atoms with Crippen LogP contribution in [0.4, 0.5) is 0 Å². The SMILES string of the molecule is COCc1ccc(C(=O)N2CCNC[C@H](C(=O)O)C2)cc1. The Balaban J connectivity index is 2.08. The van der Waals surface area contributed by atoms with Crippen molar-refractivity contribution in [2.24, 2.45) is 5.92 Å². The standard InChI is InChI=1S/C15H20N2O4/c1-21-10-11-2-4-12(5-3-11)14(18)17-7-6-16-8-13(9-17)15(19)20/h2-5,13,16H,6-10H2,1H3,(H,19,20)/t13-/m0/s1. The quantitative estimate of drug-likeness (QED) is 0.848. The highest BCUT2D eigenvalue weighted by Crippen LogP contribution is 2.12.